The molecule has 44 heavy (non-hydrogen) atoms. The number of ether oxygens (including phenoxy) is 1. The fourth-order valence-electron chi connectivity index (χ4n) is 5.42. The van der Waals surface area contributed by atoms with Crippen LogP contribution in [0, 0.1) is 6.92 Å². The van der Waals surface area contributed by atoms with Gasteiger partial charge in [0.1, 0.15) is 5.75 Å². The summed E-state index contributed by atoms with van der Waals surface area (Å²) >= 11 is 6.19. The molecule has 0 atom stereocenters. The van der Waals surface area contributed by atoms with Crippen LogP contribution in [0.4, 0.5) is 16.2 Å². The quantitative estimate of drug-likeness (QED) is 0.164. The standard InChI is InChI=1S/C34H38ClN5O4/c1-24-30(35)12-4-14-32(24)44-19-6-15-33(42)40-17-5-11-29-28(10-3-13-31(29)40)26-21-37-39(23-26)22-25-8-2-9-27(20-25)38-34(43)36-16-7-18-41/h2-4,8-10,12-14,20-21,23,41H,5-7,11,15-19,22H2,1H3,(H2,36,38,43). The number of fused-ring (bicyclic) bond motifs is 1. The molecule has 4 aromatic rings. The van der Waals surface area contributed by atoms with Crippen molar-refractivity contribution in [2.24, 2.45) is 0 Å². The number of benzene rings is 3. The van der Waals surface area contributed by atoms with Crippen molar-refractivity contribution < 1.29 is 19.4 Å². The van der Waals surface area contributed by atoms with Gasteiger partial charge in [-0.2, -0.15) is 5.10 Å². The fraction of sp³-hybridized carbons (Fsp3) is 0.324. The Morgan fingerprint density at radius 2 is 1.93 bits per heavy atom. The Labute approximate surface area is 262 Å². The lowest BCUT2D eigenvalue weighted by Crippen LogP contribution is -2.35. The van der Waals surface area contributed by atoms with Crippen molar-refractivity contribution in [2.75, 3.05) is 36.5 Å². The average molecular weight is 616 g/mol. The third-order valence-corrected chi connectivity index (χ3v) is 8.07. The molecule has 0 spiro atoms. The number of anilines is 2. The lowest BCUT2D eigenvalue weighted by Gasteiger charge is -2.31. The first-order chi connectivity index (χ1) is 21.4. The summed E-state index contributed by atoms with van der Waals surface area (Å²) < 4.78 is 7.77. The van der Waals surface area contributed by atoms with Crippen LogP contribution < -0.4 is 20.3 Å². The second-order valence-electron chi connectivity index (χ2n) is 10.9. The maximum atomic E-state index is 13.3. The number of carbonyl (C=O) groups is 2. The van der Waals surface area contributed by atoms with E-state index in [0.29, 0.717) is 56.2 Å². The van der Waals surface area contributed by atoms with Crippen molar-refractivity contribution in [3.8, 4) is 16.9 Å². The largest absolute Gasteiger partial charge is 0.493 e. The van der Waals surface area contributed by atoms with Crippen molar-refractivity contribution in [1.82, 2.24) is 15.1 Å². The Kier molecular flexibility index (Phi) is 10.5. The van der Waals surface area contributed by atoms with Crippen LogP contribution in [-0.2, 0) is 17.8 Å². The number of hydrogen-bond acceptors (Lipinski definition) is 5. The van der Waals surface area contributed by atoms with Crippen LogP contribution in [0.3, 0.4) is 0 Å². The van der Waals surface area contributed by atoms with Gasteiger partial charge in [-0.3, -0.25) is 9.48 Å². The van der Waals surface area contributed by atoms with Crippen LogP contribution in [0.5, 0.6) is 5.75 Å². The highest BCUT2D eigenvalue weighted by molar-refractivity contribution is 6.31. The normalized spacial score (nSPS) is 12.5. The highest BCUT2D eigenvalue weighted by atomic mass is 35.5. The number of aliphatic hydroxyl groups excluding tert-OH is 1. The van der Waals surface area contributed by atoms with Crippen LogP contribution in [0.25, 0.3) is 11.1 Å². The maximum absolute atomic E-state index is 13.3. The fourth-order valence-corrected chi connectivity index (χ4v) is 5.58. The Hall–Kier alpha value is -4.34. The van der Waals surface area contributed by atoms with Gasteiger partial charge in [-0.05, 0) is 79.6 Å². The first-order valence-corrected chi connectivity index (χ1v) is 15.4. The summed E-state index contributed by atoms with van der Waals surface area (Å²) in [4.78, 5) is 27.3. The summed E-state index contributed by atoms with van der Waals surface area (Å²) in [5.41, 5.74) is 6.80. The molecule has 230 valence electrons. The van der Waals surface area contributed by atoms with Crippen LogP contribution in [0.15, 0.2) is 73.1 Å². The summed E-state index contributed by atoms with van der Waals surface area (Å²) in [5, 5.41) is 19.7. The summed E-state index contributed by atoms with van der Waals surface area (Å²) in [6, 6.07) is 19.1. The van der Waals surface area contributed by atoms with E-state index in [1.807, 2.05) is 83.5 Å². The van der Waals surface area contributed by atoms with E-state index >= 15 is 0 Å². The molecule has 0 aliphatic carbocycles. The van der Waals surface area contributed by atoms with Crippen molar-refractivity contribution in [1.29, 1.82) is 0 Å². The highest BCUT2D eigenvalue weighted by Gasteiger charge is 2.24. The molecule has 3 aromatic carbocycles. The topological polar surface area (TPSA) is 109 Å². The molecule has 2 heterocycles. The van der Waals surface area contributed by atoms with Gasteiger partial charge in [0, 0.05) is 59.8 Å². The van der Waals surface area contributed by atoms with Gasteiger partial charge in [-0.15, -0.1) is 0 Å². The van der Waals surface area contributed by atoms with Crippen LogP contribution in [0.1, 0.15) is 42.4 Å². The van der Waals surface area contributed by atoms with Crippen molar-refractivity contribution in [3.05, 3.63) is 94.8 Å². The lowest BCUT2D eigenvalue weighted by molar-refractivity contribution is -0.118. The molecule has 9 nitrogen and oxygen atoms in total. The lowest BCUT2D eigenvalue weighted by atomic mass is 9.93. The van der Waals surface area contributed by atoms with E-state index in [0.717, 1.165) is 52.1 Å². The van der Waals surface area contributed by atoms with Crippen molar-refractivity contribution >= 4 is 34.9 Å². The molecule has 1 aromatic heterocycles. The molecule has 3 amide bonds. The molecule has 5 rings (SSSR count). The van der Waals surface area contributed by atoms with Crippen molar-refractivity contribution in [2.45, 2.75) is 45.6 Å². The van der Waals surface area contributed by atoms with E-state index in [2.05, 4.69) is 21.8 Å². The molecular weight excluding hydrogens is 578 g/mol. The zero-order chi connectivity index (χ0) is 30.9. The molecule has 10 heteroatoms. The van der Waals surface area contributed by atoms with E-state index in [1.165, 1.54) is 0 Å². The molecule has 1 aliphatic rings. The maximum Gasteiger partial charge on any atom is 0.319 e. The molecule has 0 bridgehead atoms. The van der Waals surface area contributed by atoms with Crippen LogP contribution >= 0.6 is 11.6 Å². The van der Waals surface area contributed by atoms with E-state index < -0.39 is 0 Å². The van der Waals surface area contributed by atoms with Gasteiger partial charge in [0.15, 0.2) is 0 Å². The molecule has 0 saturated heterocycles. The van der Waals surface area contributed by atoms with Gasteiger partial charge in [0.25, 0.3) is 0 Å². The van der Waals surface area contributed by atoms with Gasteiger partial charge in [0.05, 0.1) is 19.3 Å². The third kappa shape index (κ3) is 7.78. The Bertz CT molecular complexity index is 1600. The van der Waals surface area contributed by atoms with E-state index in [1.54, 1.807) is 0 Å². The number of carbonyl (C=O) groups excluding carboxylic acids is 2. The Morgan fingerprint density at radius 3 is 2.80 bits per heavy atom. The van der Waals surface area contributed by atoms with Gasteiger partial charge in [-0.1, -0.05) is 41.9 Å². The smallest absolute Gasteiger partial charge is 0.319 e. The molecule has 0 radical (unpaired) electrons. The van der Waals surface area contributed by atoms with Crippen molar-refractivity contribution in [3.63, 3.8) is 0 Å². The van der Waals surface area contributed by atoms with Crippen LogP contribution in [-0.4, -0.2) is 53.1 Å². The number of rotatable bonds is 12. The average Bonchev–Trinajstić information content (AvgIpc) is 3.49. The van der Waals surface area contributed by atoms with Crippen LogP contribution in [0.2, 0.25) is 5.02 Å². The molecule has 0 unspecified atom stereocenters. The van der Waals surface area contributed by atoms with E-state index in [-0.39, 0.29) is 18.5 Å². The molecule has 0 fully saturated rings. The summed E-state index contributed by atoms with van der Waals surface area (Å²) in [6.07, 6.45) is 7.21. The molecule has 1 aliphatic heterocycles. The summed E-state index contributed by atoms with van der Waals surface area (Å²) in [7, 11) is 0. The van der Waals surface area contributed by atoms with Gasteiger partial charge in [0.2, 0.25) is 5.91 Å². The highest BCUT2D eigenvalue weighted by Crippen LogP contribution is 2.36. The SMILES string of the molecule is Cc1c(Cl)cccc1OCCCC(=O)N1CCCc2c(-c3cnn(Cc4cccc(NC(=O)NCCCO)c4)c3)cccc21. The number of urea groups is 1. The van der Waals surface area contributed by atoms with Gasteiger partial charge in [-0.25, -0.2) is 4.79 Å². The number of aliphatic hydroxyl groups is 1. The number of aromatic nitrogens is 2. The molecule has 0 saturated carbocycles. The zero-order valence-electron chi connectivity index (χ0n) is 24.9. The molecule has 3 N–H and O–H groups in total. The minimum Gasteiger partial charge on any atom is -0.493 e. The summed E-state index contributed by atoms with van der Waals surface area (Å²) in [6.45, 7) is 4.06. The minimum absolute atomic E-state index is 0.0334. The van der Waals surface area contributed by atoms with Gasteiger partial charge >= 0.3 is 6.03 Å². The second-order valence-corrected chi connectivity index (χ2v) is 11.3. The first-order valence-electron chi connectivity index (χ1n) is 15.0. The first kappa shape index (κ1) is 31.1. The van der Waals surface area contributed by atoms with Gasteiger partial charge < -0.3 is 25.4 Å². The number of hydrogen-bond donors (Lipinski definition) is 3. The number of amides is 3. The molecular formula is C34H38ClN5O4. The predicted molar refractivity (Wildman–Crippen MR) is 174 cm³/mol. The minimum atomic E-state index is -0.306. The summed E-state index contributed by atoms with van der Waals surface area (Å²) in [5.74, 6) is 0.848. The van der Waals surface area contributed by atoms with E-state index in [9.17, 15) is 9.59 Å². The number of halogens is 1. The third-order valence-electron chi connectivity index (χ3n) is 7.66. The number of nitrogens with zero attached hydrogens (tertiary/aromatic N) is 3. The zero-order valence-corrected chi connectivity index (χ0v) is 25.6. The Morgan fingerprint density at radius 1 is 1.09 bits per heavy atom. The number of nitrogens with one attached hydrogen (secondary N) is 2. The Balaban J connectivity index is 1.21. The monoisotopic (exact) mass is 615 g/mol. The second kappa shape index (κ2) is 14.9. The van der Waals surface area contributed by atoms with E-state index in [4.69, 9.17) is 21.4 Å². The predicted octanol–water partition coefficient (Wildman–Crippen LogP) is 6.20.